The number of halogens is 2. The van der Waals surface area contributed by atoms with Crippen LogP contribution in [0.5, 0.6) is 5.75 Å². The van der Waals surface area contributed by atoms with Crippen LogP contribution in [-0.2, 0) is 13.2 Å². The maximum atomic E-state index is 13.0. The predicted octanol–water partition coefficient (Wildman–Crippen LogP) is 4.61. The Balaban J connectivity index is 0.00000225. The molecular weight excluding hydrogens is 381 g/mol. The highest BCUT2D eigenvalue weighted by molar-refractivity contribution is 5.85. The smallest absolute Gasteiger partial charge is 0.323 e. The Labute approximate surface area is 167 Å². The maximum absolute atomic E-state index is 13.0. The van der Waals surface area contributed by atoms with Crippen LogP contribution in [0.25, 0.3) is 11.0 Å². The highest BCUT2D eigenvalue weighted by Gasteiger charge is 2.05. The first-order valence-corrected chi connectivity index (χ1v) is 8.58. The van der Waals surface area contributed by atoms with E-state index >= 15 is 0 Å². The van der Waals surface area contributed by atoms with Crippen LogP contribution in [0.1, 0.15) is 11.1 Å². The van der Waals surface area contributed by atoms with Crippen LogP contribution in [0.3, 0.4) is 0 Å². The monoisotopic (exact) mass is 399 g/mol. The topological polar surface area (TPSA) is 69.9 Å². The average molecular weight is 400 g/mol. The average Bonchev–Trinajstić information content (AvgIpc) is 3.06. The van der Waals surface area contributed by atoms with Crippen molar-refractivity contribution >= 4 is 29.1 Å². The summed E-state index contributed by atoms with van der Waals surface area (Å²) in [7, 11) is 0. The third kappa shape index (κ3) is 4.53. The number of aromatic amines is 2. The Hall–Kier alpha value is -3.25. The van der Waals surface area contributed by atoms with E-state index in [0.29, 0.717) is 13.2 Å². The van der Waals surface area contributed by atoms with Crippen molar-refractivity contribution in [2.75, 3.05) is 5.32 Å². The standard InChI is InChI=1S/C21H18FN3O2.ClH/c22-16-7-5-14(6-8-16)13-27-20-4-2-1-3-15(20)12-23-17-9-10-18-19(11-17)25-21(26)24-18;/h1-11,23H,12-13H2,(H2,24,25,26);1H. The van der Waals surface area contributed by atoms with Crippen molar-refractivity contribution in [3.8, 4) is 5.75 Å². The molecule has 144 valence electrons. The van der Waals surface area contributed by atoms with E-state index in [4.69, 9.17) is 4.74 Å². The lowest BCUT2D eigenvalue weighted by atomic mass is 10.2. The van der Waals surface area contributed by atoms with Gasteiger partial charge in [0.1, 0.15) is 18.2 Å². The van der Waals surface area contributed by atoms with Crippen LogP contribution < -0.4 is 15.7 Å². The number of hydrogen-bond donors (Lipinski definition) is 3. The Morgan fingerprint density at radius 2 is 1.68 bits per heavy atom. The molecule has 0 aliphatic carbocycles. The zero-order valence-electron chi connectivity index (χ0n) is 14.9. The summed E-state index contributed by atoms with van der Waals surface area (Å²) in [5.74, 6) is 0.509. The highest BCUT2D eigenvalue weighted by atomic mass is 35.5. The first-order valence-electron chi connectivity index (χ1n) is 8.58. The van der Waals surface area contributed by atoms with Gasteiger partial charge in [-0.05, 0) is 42.0 Å². The van der Waals surface area contributed by atoms with Crippen molar-refractivity contribution in [3.05, 3.63) is 94.2 Å². The second-order valence-corrected chi connectivity index (χ2v) is 6.22. The van der Waals surface area contributed by atoms with Crippen molar-refractivity contribution in [2.24, 2.45) is 0 Å². The molecule has 1 heterocycles. The molecule has 5 nitrogen and oxygen atoms in total. The zero-order chi connectivity index (χ0) is 18.6. The highest BCUT2D eigenvalue weighted by Crippen LogP contribution is 2.22. The lowest BCUT2D eigenvalue weighted by molar-refractivity contribution is 0.303. The van der Waals surface area contributed by atoms with Crippen molar-refractivity contribution in [1.29, 1.82) is 0 Å². The minimum Gasteiger partial charge on any atom is -0.489 e. The molecule has 28 heavy (non-hydrogen) atoms. The van der Waals surface area contributed by atoms with Gasteiger partial charge < -0.3 is 20.0 Å². The molecule has 0 spiro atoms. The maximum Gasteiger partial charge on any atom is 0.323 e. The molecule has 0 unspecified atom stereocenters. The third-order valence-corrected chi connectivity index (χ3v) is 4.28. The van der Waals surface area contributed by atoms with Gasteiger partial charge in [-0.25, -0.2) is 9.18 Å². The van der Waals surface area contributed by atoms with Gasteiger partial charge in [0, 0.05) is 17.8 Å². The summed E-state index contributed by atoms with van der Waals surface area (Å²) in [5, 5.41) is 3.34. The minimum atomic E-state index is -0.260. The number of H-pyrrole nitrogens is 2. The largest absolute Gasteiger partial charge is 0.489 e. The van der Waals surface area contributed by atoms with Gasteiger partial charge in [0.15, 0.2) is 0 Å². The number of hydrogen-bond acceptors (Lipinski definition) is 3. The molecule has 0 amide bonds. The van der Waals surface area contributed by atoms with E-state index in [0.717, 1.165) is 33.6 Å². The fourth-order valence-corrected chi connectivity index (χ4v) is 2.87. The van der Waals surface area contributed by atoms with Crippen molar-refractivity contribution in [2.45, 2.75) is 13.2 Å². The molecule has 0 atom stereocenters. The number of anilines is 1. The predicted molar refractivity (Wildman–Crippen MR) is 111 cm³/mol. The molecule has 3 N–H and O–H groups in total. The molecule has 0 fully saturated rings. The van der Waals surface area contributed by atoms with Gasteiger partial charge in [0.2, 0.25) is 0 Å². The van der Waals surface area contributed by atoms with Gasteiger partial charge in [0.25, 0.3) is 0 Å². The molecule has 4 rings (SSSR count). The Morgan fingerprint density at radius 3 is 2.50 bits per heavy atom. The van der Waals surface area contributed by atoms with Crippen LogP contribution in [0.2, 0.25) is 0 Å². The van der Waals surface area contributed by atoms with Crippen molar-refractivity contribution < 1.29 is 9.13 Å². The van der Waals surface area contributed by atoms with Crippen LogP contribution in [-0.4, -0.2) is 9.97 Å². The summed E-state index contributed by atoms with van der Waals surface area (Å²) in [6.07, 6.45) is 0. The van der Waals surface area contributed by atoms with E-state index in [1.807, 2.05) is 42.5 Å². The van der Waals surface area contributed by atoms with Crippen LogP contribution in [0.15, 0.2) is 71.5 Å². The molecule has 3 aromatic carbocycles. The molecule has 0 radical (unpaired) electrons. The molecule has 0 saturated carbocycles. The lowest BCUT2D eigenvalue weighted by Crippen LogP contribution is -2.03. The molecule has 0 bridgehead atoms. The molecule has 0 saturated heterocycles. The molecule has 0 aliphatic heterocycles. The van der Waals surface area contributed by atoms with E-state index in [1.165, 1.54) is 12.1 Å². The van der Waals surface area contributed by atoms with Gasteiger partial charge in [-0.2, -0.15) is 0 Å². The fourth-order valence-electron chi connectivity index (χ4n) is 2.87. The number of imidazole rings is 1. The Morgan fingerprint density at radius 1 is 0.929 bits per heavy atom. The zero-order valence-corrected chi connectivity index (χ0v) is 15.7. The van der Waals surface area contributed by atoms with Crippen LogP contribution in [0.4, 0.5) is 10.1 Å². The number of para-hydroxylation sites is 1. The molecular formula is C21H19ClFN3O2. The first kappa shape index (κ1) is 19.5. The van der Waals surface area contributed by atoms with Crippen molar-refractivity contribution in [1.82, 2.24) is 9.97 Å². The van der Waals surface area contributed by atoms with Gasteiger partial charge in [-0.15, -0.1) is 12.4 Å². The van der Waals surface area contributed by atoms with Crippen LogP contribution in [0, 0.1) is 5.82 Å². The normalized spacial score (nSPS) is 10.5. The molecule has 4 aromatic rings. The van der Waals surface area contributed by atoms with Crippen molar-refractivity contribution in [3.63, 3.8) is 0 Å². The number of benzene rings is 3. The van der Waals surface area contributed by atoms with Gasteiger partial charge in [-0.3, -0.25) is 0 Å². The number of nitrogens with one attached hydrogen (secondary N) is 3. The number of ether oxygens (including phenoxy) is 1. The summed E-state index contributed by atoms with van der Waals surface area (Å²) in [4.78, 5) is 16.8. The second kappa shape index (κ2) is 8.63. The fraction of sp³-hybridized carbons (Fsp3) is 0.0952. The van der Waals surface area contributed by atoms with Crippen LogP contribution >= 0.6 is 12.4 Å². The number of aromatic nitrogens is 2. The minimum absolute atomic E-state index is 0. The van der Waals surface area contributed by atoms with E-state index in [9.17, 15) is 9.18 Å². The molecule has 7 heteroatoms. The van der Waals surface area contributed by atoms with Gasteiger partial charge in [-0.1, -0.05) is 30.3 Å². The number of rotatable bonds is 6. The first-order chi connectivity index (χ1) is 13.2. The summed E-state index contributed by atoms with van der Waals surface area (Å²) in [5.41, 5.74) is 4.11. The summed E-state index contributed by atoms with van der Waals surface area (Å²) in [6, 6.07) is 19.7. The lowest BCUT2D eigenvalue weighted by Gasteiger charge is -2.13. The van der Waals surface area contributed by atoms with E-state index in [1.54, 1.807) is 12.1 Å². The summed E-state index contributed by atoms with van der Waals surface area (Å²) >= 11 is 0. The van der Waals surface area contributed by atoms with E-state index < -0.39 is 0 Å². The molecule has 1 aromatic heterocycles. The SMILES string of the molecule is Cl.O=c1[nH]c2ccc(NCc3ccccc3OCc3ccc(F)cc3)cc2[nH]1. The van der Waals surface area contributed by atoms with Gasteiger partial charge in [0.05, 0.1) is 11.0 Å². The Bertz CT molecular complexity index is 1120. The molecule has 0 aliphatic rings. The third-order valence-electron chi connectivity index (χ3n) is 4.28. The van der Waals surface area contributed by atoms with E-state index in [2.05, 4.69) is 15.3 Å². The second-order valence-electron chi connectivity index (χ2n) is 6.22. The summed E-state index contributed by atoms with van der Waals surface area (Å²) < 4.78 is 18.9. The quantitative estimate of drug-likeness (QED) is 0.443. The van der Waals surface area contributed by atoms with E-state index in [-0.39, 0.29) is 23.9 Å². The van der Waals surface area contributed by atoms with Gasteiger partial charge >= 0.3 is 5.69 Å². The Kier molecular flexibility index (Phi) is 6.01. The summed E-state index contributed by atoms with van der Waals surface area (Å²) in [6.45, 7) is 0.938. The number of fused-ring (bicyclic) bond motifs is 1.